The Kier molecular flexibility index (Phi) is 12.0. The number of carboxylic acids is 1. The monoisotopic (exact) mass is 498 g/mol. The molecule has 1 heterocycles. The summed E-state index contributed by atoms with van der Waals surface area (Å²) in [7, 11) is -3.99. The molecule has 1 fully saturated rings. The number of carbonyl (C=O) groups is 2. The molecule has 34 heavy (non-hydrogen) atoms. The van der Waals surface area contributed by atoms with Gasteiger partial charge >= 0.3 is 16.1 Å². The number of ketones is 1. The molecule has 0 bridgehead atoms. The van der Waals surface area contributed by atoms with Crippen molar-refractivity contribution in [1.82, 2.24) is 9.80 Å². The summed E-state index contributed by atoms with van der Waals surface area (Å²) in [5, 5.41) is 18.5. The van der Waals surface area contributed by atoms with Crippen LogP contribution in [0.5, 0.6) is 5.75 Å². The van der Waals surface area contributed by atoms with E-state index in [-0.39, 0.29) is 35.0 Å². The second kappa shape index (κ2) is 14.4. The number of unbranched alkanes of at least 4 members (excludes halogenated alkanes) is 4. The van der Waals surface area contributed by atoms with Gasteiger partial charge in [0.15, 0.2) is 11.5 Å². The Morgan fingerprint density at radius 2 is 1.62 bits per heavy atom. The molecule has 1 aliphatic rings. The van der Waals surface area contributed by atoms with Crippen molar-refractivity contribution in [3.8, 4) is 5.75 Å². The van der Waals surface area contributed by atoms with Crippen LogP contribution in [0.15, 0.2) is 18.2 Å². The third-order valence-corrected chi connectivity index (χ3v) is 7.23. The van der Waals surface area contributed by atoms with Gasteiger partial charge in [-0.05, 0) is 37.6 Å². The molecule has 0 aromatic heterocycles. The number of nitrogens with zero attached hydrogens (tertiary/aromatic N) is 2. The molecular formula is C24H38N2O7S. The minimum atomic E-state index is -3.99. The number of hydrogen-bond donors (Lipinski definition) is 2. The third kappa shape index (κ3) is 9.69. The summed E-state index contributed by atoms with van der Waals surface area (Å²) in [6, 6.07) is 3.89. The zero-order chi connectivity index (χ0) is 25.0. The summed E-state index contributed by atoms with van der Waals surface area (Å²) >= 11 is 0. The average molecular weight is 499 g/mol. The average Bonchev–Trinajstić information content (AvgIpc) is 2.80. The molecule has 0 radical (unpaired) electrons. The van der Waals surface area contributed by atoms with Gasteiger partial charge in [-0.3, -0.25) is 9.69 Å². The van der Waals surface area contributed by atoms with E-state index in [1.54, 1.807) is 0 Å². The van der Waals surface area contributed by atoms with E-state index in [0.717, 1.165) is 58.3 Å². The van der Waals surface area contributed by atoms with Crippen LogP contribution in [0.1, 0.15) is 72.6 Å². The quantitative estimate of drug-likeness (QED) is 0.201. The fourth-order valence-corrected chi connectivity index (χ4v) is 4.98. The molecule has 2 rings (SSSR count). The molecule has 0 atom stereocenters. The van der Waals surface area contributed by atoms with Gasteiger partial charge in [-0.15, -0.1) is 0 Å². The lowest BCUT2D eigenvalue weighted by Crippen LogP contribution is -2.47. The first-order valence-electron chi connectivity index (χ1n) is 12.1. The molecule has 192 valence electrons. The second-order valence-electron chi connectivity index (χ2n) is 8.71. The fraction of sp³-hybridized carbons (Fsp3) is 0.667. The van der Waals surface area contributed by atoms with Gasteiger partial charge in [-0.1, -0.05) is 32.6 Å². The summed E-state index contributed by atoms with van der Waals surface area (Å²) < 4.78 is 30.0. The maximum atomic E-state index is 12.5. The molecule has 1 saturated heterocycles. The van der Waals surface area contributed by atoms with Crippen molar-refractivity contribution >= 4 is 21.9 Å². The van der Waals surface area contributed by atoms with Crippen LogP contribution in [0.3, 0.4) is 0 Å². The number of hydrogen-bond acceptors (Lipinski definition) is 8. The van der Waals surface area contributed by atoms with Crippen LogP contribution in [0.4, 0.5) is 0 Å². The normalized spacial score (nSPS) is 15.4. The van der Waals surface area contributed by atoms with E-state index >= 15 is 0 Å². The number of Topliss-reactive ketones (excluding diaryl/α,β-unsaturated/α-hetero) is 1. The van der Waals surface area contributed by atoms with E-state index in [0.29, 0.717) is 25.9 Å². The molecular weight excluding hydrogens is 460 g/mol. The Hall–Kier alpha value is -2.01. The Bertz CT molecular complexity index is 897. The van der Waals surface area contributed by atoms with Crippen LogP contribution in [0, 0.1) is 0 Å². The van der Waals surface area contributed by atoms with Crippen molar-refractivity contribution in [2.24, 2.45) is 0 Å². The highest BCUT2D eigenvalue weighted by Crippen LogP contribution is 2.24. The number of aliphatic hydroxyl groups excluding tert-OH is 1. The molecule has 9 nitrogen and oxygen atoms in total. The Balaban J connectivity index is 1.89. The summed E-state index contributed by atoms with van der Waals surface area (Å²) in [4.78, 5) is 28.4. The number of benzene rings is 1. The van der Waals surface area contributed by atoms with E-state index < -0.39 is 16.1 Å². The maximum absolute atomic E-state index is 12.5. The molecule has 0 spiro atoms. The Morgan fingerprint density at radius 1 is 0.971 bits per heavy atom. The van der Waals surface area contributed by atoms with Gasteiger partial charge in [-0.25, -0.2) is 4.79 Å². The molecule has 0 amide bonds. The van der Waals surface area contributed by atoms with Crippen molar-refractivity contribution in [2.45, 2.75) is 51.9 Å². The standard InChI is InChI=1S/C24H38N2O7S/c1-2-3-4-5-6-8-22(28)20-9-10-23(21(19-20)24(29)30)33-34(31,32)18-7-11-25-12-14-26(15-13-25)16-17-27/h9-10,19,27H,2-8,11-18H2,1H3,(H,29,30). The smallest absolute Gasteiger partial charge is 0.339 e. The van der Waals surface area contributed by atoms with Gasteiger partial charge in [0.25, 0.3) is 0 Å². The van der Waals surface area contributed by atoms with Crippen molar-refractivity contribution in [1.29, 1.82) is 0 Å². The minimum absolute atomic E-state index is 0.127. The highest BCUT2D eigenvalue weighted by atomic mass is 32.2. The van der Waals surface area contributed by atoms with Gasteiger partial charge in [0.1, 0.15) is 5.56 Å². The first-order valence-corrected chi connectivity index (χ1v) is 13.7. The predicted octanol–water partition coefficient (Wildman–Crippen LogP) is 2.64. The number of carboxylic acid groups (broad SMARTS) is 1. The summed E-state index contributed by atoms with van der Waals surface area (Å²) in [6.45, 7) is 6.74. The van der Waals surface area contributed by atoms with Crippen molar-refractivity contribution in [3.05, 3.63) is 29.3 Å². The van der Waals surface area contributed by atoms with Crippen molar-refractivity contribution < 1.29 is 32.4 Å². The number of aromatic carboxylic acids is 1. The summed E-state index contributed by atoms with van der Waals surface area (Å²) in [6.07, 6.45) is 5.68. The largest absolute Gasteiger partial charge is 0.478 e. The van der Waals surface area contributed by atoms with Gasteiger partial charge in [-0.2, -0.15) is 8.42 Å². The number of carbonyl (C=O) groups excluding carboxylic acids is 1. The molecule has 2 N–H and O–H groups in total. The van der Waals surface area contributed by atoms with Crippen LogP contribution in [-0.4, -0.2) is 91.8 Å². The highest BCUT2D eigenvalue weighted by Gasteiger charge is 2.22. The Labute approximate surface area is 202 Å². The molecule has 0 unspecified atom stereocenters. The number of rotatable bonds is 16. The fourth-order valence-electron chi connectivity index (χ4n) is 4.00. The van der Waals surface area contributed by atoms with Crippen LogP contribution in [-0.2, 0) is 10.1 Å². The van der Waals surface area contributed by atoms with E-state index in [1.807, 2.05) is 0 Å². The summed E-state index contributed by atoms with van der Waals surface area (Å²) in [5.41, 5.74) is -0.0848. The van der Waals surface area contributed by atoms with Crippen molar-refractivity contribution in [3.63, 3.8) is 0 Å². The molecule has 1 aromatic carbocycles. The molecule has 0 saturated carbocycles. The predicted molar refractivity (Wildman–Crippen MR) is 130 cm³/mol. The van der Waals surface area contributed by atoms with Crippen LogP contribution < -0.4 is 4.18 Å². The van der Waals surface area contributed by atoms with Crippen LogP contribution in [0.2, 0.25) is 0 Å². The first kappa shape index (κ1) is 28.2. The lowest BCUT2D eigenvalue weighted by atomic mass is 10.0. The molecule has 1 aliphatic heterocycles. The zero-order valence-corrected chi connectivity index (χ0v) is 20.9. The van der Waals surface area contributed by atoms with E-state index in [9.17, 15) is 23.1 Å². The van der Waals surface area contributed by atoms with Gasteiger partial charge < -0.3 is 19.3 Å². The lowest BCUT2D eigenvalue weighted by Gasteiger charge is -2.34. The number of β-amino-alcohol motifs (C(OH)–C–C–N with tert-alkyl or cyclic N) is 1. The van der Waals surface area contributed by atoms with Crippen LogP contribution >= 0.6 is 0 Å². The van der Waals surface area contributed by atoms with E-state index in [2.05, 4.69) is 16.7 Å². The highest BCUT2D eigenvalue weighted by molar-refractivity contribution is 7.87. The first-order chi connectivity index (χ1) is 16.3. The molecule has 1 aromatic rings. The molecule has 0 aliphatic carbocycles. The zero-order valence-electron chi connectivity index (χ0n) is 20.1. The number of aliphatic hydroxyl groups is 1. The number of piperazine rings is 1. The SMILES string of the molecule is CCCCCCCC(=O)c1ccc(OS(=O)(=O)CCCN2CCN(CCO)CC2)c(C(=O)O)c1. The van der Waals surface area contributed by atoms with E-state index in [4.69, 9.17) is 9.29 Å². The topological polar surface area (TPSA) is 124 Å². The summed E-state index contributed by atoms with van der Waals surface area (Å²) in [5.74, 6) is -2.01. The maximum Gasteiger partial charge on any atom is 0.339 e. The van der Waals surface area contributed by atoms with Gasteiger partial charge in [0.2, 0.25) is 0 Å². The third-order valence-electron chi connectivity index (χ3n) is 6.01. The van der Waals surface area contributed by atoms with Gasteiger partial charge in [0.05, 0.1) is 12.4 Å². The second-order valence-corrected chi connectivity index (χ2v) is 10.4. The minimum Gasteiger partial charge on any atom is -0.478 e. The lowest BCUT2D eigenvalue weighted by molar-refractivity contribution is 0.0695. The molecule has 10 heteroatoms. The van der Waals surface area contributed by atoms with Crippen LogP contribution in [0.25, 0.3) is 0 Å². The van der Waals surface area contributed by atoms with Crippen molar-refractivity contribution in [2.75, 3.05) is 51.6 Å². The van der Waals surface area contributed by atoms with Gasteiger partial charge in [0, 0.05) is 44.7 Å². The van der Waals surface area contributed by atoms with E-state index in [1.165, 1.54) is 18.2 Å². The Morgan fingerprint density at radius 3 is 2.24 bits per heavy atom.